The molecule has 0 bridgehead atoms. The van der Waals surface area contributed by atoms with Gasteiger partial charge in [0, 0.05) is 11.8 Å². The number of carbonyl (C=O) groups is 2. The number of hydrogen-bond donors (Lipinski definition) is 0. The minimum absolute atomic E-state index is 0. The van der Waals surface area contributed by atoms with Gasteiger partial charge < -0.3 is 28.3 Å². The number of hydrogen-bond acceptors (Lipinski definition) is 8. The van der Waals surface area contributed by atoms with Crippen LogP contribution in [-0.2, 0) is 28.2 Å². The molecule has 5 rings (SSSR count). The van der Waals surface area contributed by atoms with E-state index in [0.29, 0.717) is 24.7 Å². The van der Waals surface area contributed by atoms with Gasteiger partial charge in [0.15, 0.2) is 23.0 Å². The van der Waals surface area contributed by atoms with E-state index >= 15 is 0 Å². The molecule has 11 heteroatoms. The van der Waals surface area contributed by atoms with Gasteiger partial charge >= 0.3 is 59.1 Å². The summed E-state index contributed by atoms with van der Waals surface area (Å²) in [6.45, 7) is 7.06. The summed E-state index contributed by atoms with van der Waals surface area (Å²) in [6.07, 6.45) is 6.90. The molecule has 0 unspecified atom stereocenters. The fourth-order valence-electron chi connectivity index (χ4n) is 8.41. The molecule has 0 N–H and O–H groups in total. The predicted octanol–water partition coefficient (Wildman–Crippen LogP) is -3.56. The number of fused-ring (bicyclic) bond motifs is 7. The third kappa shape index (κ3) is 4.74. The number of phosphoric acid groups is 1. The number of allylic oxidation sites excluding steroid dienone is 1. The SMILES string of the molecule is CC1(C)O[C@@H]2C[C@H]3[C@@H]4CCC5=CC(=O)CC[C@]5(C)[C@H]4CC[C@]3(C)[C@]2(C(=O)COP(=O)([O-])[O-])O1.[Na+].[Na+]. The molecule has 184 valence electrons. The molecular formula is C24H33Na2O8P. The van der Waals surface area contributed by atoms with E-state index in [-0.39, 0.29) is 76.2 Å². The van der Waals surface area contributed by atoms with Crippen molar-refractivity contribution < 1.29 is 97.1 Å². The number of ketones is 2. The number of phosphoric ester groups is 1. The summed E-state index contributed by atoms with van der Waals surface area (Å²) in [7, 11) is -5.30. The van der Waals surface area contributed by atoms with E-state index in [9.17, 15) is 23.9 Å². The predicted molar refractivity (Wildman–Crippen MR) is 113 cm³/mol. The number of Topliss-reactive ketones (excluding diaryl/α,β-unsaturated/α-hetero) is 1. The van der Waals surface area contributed by atoms with E-state index in [4.69, 9.17) is 9.47 Å². The Morgan fingerprint density at radius 3 is 2.46 bits per heavy atom. The van der Waals surface area contributed by atoms with Crippen molar-refractivity contribution in [1.82, 2.24) is 0 Å². The van der Waals surface area contributed by atoms with Crippen molar-refractivity contribution in [3.05, 3.63) is 11.6 Å². The van der Waals surface area contributed by atoms with Crippen LogP contribution in [0.1, 0.15) is 72.6 Å². The van der Waals surface area contributed by atoms with E-state index in [1.165, 1.54) is 5.57 Å². The Balaban J connectivity index is 0.00000171. The first kappa shape index (κ1) is 30.6. The summed E-state index contributed by atoms with van der Waals surface area (Å²) in [5.74, 6) is -0.372. The summed E-state index contributed by atoms with van der Waals surface area (Å²) in [6, 6.07) is 0. The Morgan fingerprint density at radius 1 is 1.11 bits per heavy atom. The molecule has 0 radical (unpaired) electrons. The number of ether oxygens (including phenoxy) is 2. The Morgan fingerprint density at radius 2 is 1.80 bits per heavy atom. The number of carbonyl (C=O) groups excluding carboxylic acids is 2. The normalized spacial score (nSPS) is 43.5. The maximum Gasteiger partial charge on any atom is 1.00 e. The van der Waals surface area contributed by atoms with E-state index in [1.807, 2.05) is 6.08 Å². The van der Waals surface area contributed by atoms with Crippen molar-refractivity contribution in [3.63, 3.8) is 0 Å². The van der Waals surface area contributed by atoms with Gasteiger partial charge in [-0.1, -0.05) is 19.4 Å². The fourth-order valence-corrected chi connectivity index (χ4v) is 8.68. The largest absolute Gasteiger partial charge is 1.00 e. The maximum atomic E-state index is 13.6. The standard InChI is InChI=1S/C24H35O8P.2Na/c1-21(2)31-20-12-18-16-6-5-14-11-15(25)7-9-22(14,3)17(16)8-10-23(18,4)24(20,32-21)19(26)13-30-33(27,28)29;;/h11,16-18,20H,5-10,12-13H2,1-4H3,(H2,27,28,29);;/q;2*+1/p-2/t16-,17+,18+,20-,22+,23+,24-;;/m1../s1. The molecule has 3 saturated carbocycles. The molecule has 0 spiro atoms. The molecule has 1 heterocycles. The van der Waals surface area contributed by atoms with Crippen molar-refractivity contribution >= 4 is 19.4 Å². The average molecular weight is 526 g/mol. The topological polar surface area (TPSA) is 125 Å². The molecule has 1 aliphatic heterocycles. The molecule has 4 aliphatic carbocycles. The van der Waals surface area contributed by atoms with Crippen LogP contribution in [0.3, 0.4) is 0 Å². The Labute approximate surface area is 251 Å². The molecule has 35 heavy (non-hydrogen) atoms. The summed E-state index contributed by atoms with van der Waals surface area (Å²) < 4.78 is 28.1. The minimum Gasteiger partial charge on any atom is -0.790 e. The quantitative estimate of drug-likeness (QED) is 0.272. The number of rotatable bonds is 4. The zero-order chi connectivity index (χ0) is 24.0. The second-order valence-electron chi connectivity index (χ2n) is 11.6. The molecule has 8 nitrogen and oxygen atoms in total. The van der Waals surface area contributed by atoms with E-state index < -0.39 is 43.1 Å². The average Bonchev–Trinajstić information content (AvgIpc) is 3.12. The second-order valence-corrected chi connectivity index (χ2v) is 12.8. The molecule has 5 aliphatic rings. The van der Waals surface area contributed by atoms with Crippen LogP contribution < -0.4 is 68.9 Å². The van der Waals surface area contributed by atoms with E-state index in [2.05, 4.69) is 18.4 Å². The summed E-state index contributed by atoms with van der Waals surface area (Å²) in [4.78, 5) is 47.8. The van der Waals surface area contributed by atoms with Crippen LogP contribution in [0, 0.1) is 28.6 Å². The summed E-state index contributed by atoms with van der Waals surface area (Å²) in [5.41, 5.74) is -0.642. The van der Waals surface area contributed by atoms with Crippen LogP contribution in [0.4, 0.5) is 0 Å². The molecule has 1 saturated heterocycles. The van der Waals surface area contributed by atoms with Crippen LogP contribution in [0.15, 0.2) is 11.6 Å². The Bertz CT molecular complexity index is 979. The van der Waals surface area contributed by atoms with Crippen molar-refractivity contribution in [2.75, 3.05) is 6.61 Å². The van der Waals surface area contributed by atoms with E-state index in [0.717, 1.165) is 32.1 Å². The van der Waals surface area contributed by atoms with Gasteiger partial charge in [0.25, 0.3) is 0 Å². The van der Waals surface area contributed by atoms with Gasteiger partial charge in [-0.3, -0.25) is 9.59 Å². The van der Waals surface area contributed by atoms with Gasteiger partial charge in [0.05, 0.1) is 13.9 Å². The molecule has 0 aromatic rings. The molecule has 0 amide bonds. The van der Waals surface area contributed by atoms with Crippen molar-refractivity contribution in [2.24, 2.45) is 28.6 Å². The van der Waals surface area contributed by atoms with Gasteiger partial charge in [0.1, 0.15) is 6.61 Å². The first-order valence-corrected chi connectivity index (χ1v) is 13.5. The summed E-state index contributed by atoms with van der Waals surface area (Å²) >= 11 is 0. The van der Waals surface area contributed by atoms with Gasteiger partial charge in [-0.05, 0) is 81.6 Å². The van der Waals surface area contributed by atoms with E-state index in [1.54, 1.807) is 13.8 Å². The van der Waals surface area contributed by atoms with Crippen molar-refractivity contribution in [2.45, 2.75) is 90.1 Å². The molecule has 0 aromatic carbocycles. The molecule has 4 fully saturated rings. The van der Waals surface area contributed by atoms with Gasteiger partial charge in [0.2, 0.25) is 0 Å². The molecular weight excluding hydrogens is 493 g/mol. The smallest absolute Gasteiger partial charge is 0.790 e. The van der Waals surface area contributed by atoms with Gasteiger partial charge in [-0.25, -0.2) is 0 Å². The van der Waals surface area contributed by atoms with Crippen LogP contribution in [0.25, 0.3) is 0 Å². The Hall–Kier alpha value is 1.11. The van der Waals surface area contributed by atoms with Crippen LogP contribution in [-0.4, -0.2) is 35.7 Å². The fraction of sp³-hybridized carbons (Fsp3) is 0.833. The zero-order valence-corrected chi connectivity index (χ0v) is 26.7. The van der Waals surface area contributed by atoms with Gasteiger partial charge in [-0.15, -0.1) is 0 Å². The first-order valence-electron chi connectivity index (χ1n) is 12.0. The Kier molecular flexibility index (Phi) is 8.70. The van der Waals surface area contributed by atoms with Crippen LogP contribution in [0.2, 0.25) is 0 Å². The third-order valence-corrected chi connectivity index (χ3v) is 10.2. The monoisotopic (exact) mass is 526 g/mol. The molecule has 7 atom stereocenters. The molecule has 0 aromatic heterocycles. The maximum absolute atomic E-state index is 13.6. The van der Waals surface area contributed by atoms with Crippen molar-refractivity contribution in [1.29, 1.82) is 0 Å². The van der Waals surface area contributed by atoms with Crippen molar-refractivity contribution in [3.8, 4) is 0 Å². The minimum atomic E-state index is -5.30. The first-order chi connectivity index (χ1) is 15.2. The van der Waals surface area contributed by atoms with Gasteiger partial charge in [-0.2, -0.15) is 0 Å². The third-order valence-electron chi connectivity index (χ3n) is 9.72. The van der Waals surface area contributed by atoms with Crippen LogP contribution >= 0.6 is 7.82 Å². The van der Waals surface area contributed by atoms with Crippen LogP contribution in [0.5, 0.6) is 0 Å². The zero-order valence-electron chi connectivity index (χ0n) is 21.8. The summed E-state index contributed by atoms with van der Waals surface area (Å²) in [5, 5.41) is 0. The second kappa shape index (κ2) is 9.94.